The summed E-state index contributed by atoms with van der Waals surface area (Å²) in [5, 5.41) is 2.90. The van der Waals surface area contributed by atoms with Crippen molar-refractivity contribution in [2.24, 2.45) is 5.92 Å². The van der Waals surface area contributed by atoms with Crippen LogP contribution in [-0.2, 0) is 4.79 Å². The second kappa shape index (κ2) is 5.68. The van der Waals surface area contributed by atoms with Gasteiger partial charge in [0.1, 0.15) is 11.9 Å². The number of hydrogen-bond acceptors (Lipinski definition) is 4. The molecule has 2 aliphatic rings. The van der Waals surface area contributed by atoms with Gasteiger partial charge in [-0.25, -0.2) is 0 Å². The molecule has 5 nitrogen and oxygen atoms in total. The highest BCUT2D eigenvalue weighted by Gasteiger charge is 2.22. The van der Waals surface area contributed by atoms with Crippen LogP contribution in [-0.4, -0.2) is 25.3 Å². The van der Waals surface area contributed by atoms with Gasteiger partial charge in [0.2, 0.25) is 12.7 Å². The number of amides is 1. The van der Waals surface area contributed by atoms with Crippen LogP contribution >= 0.6 is 0 Å². The van der Waals surface area contributed by atoms with E-state index in [4.69, 9.17) is 14.2 Å². The summed E-state index contributed by atoms with van der Waals surface area (Å²) in [6, 6.07) is 3.71. The van der Waals surface area contributed by atoms with Crippen LogP contribution in [0.2, 0.25) is 0 Å². The highest BCUT2D eigenvalue weighted by atomic mass is 16.7. The molecule has 3 rings (SSSR count). The second-order valence-corrected chi connectivity index (χ2v) is 5.66. The van der Waals surface area contributed by atoms with Gasteiger partial charge < -0.3 is 19.5 Å². The van der Waals surface area contributed by atoms with Crippen LogP contribution in [0.15, 0.2) is 18.2 Å². The summed E-state index contributed by atoms with van der Waals surface area (Å²) in [4.78, 5) is 11.8. The first-order chi connectivity index (χ1) is 10.1. The molecule has 0 aliphatic carbocycles. The van der Waals surface area contributed by atoms with Gasteiger partial charge >= 0.3 is 0 Å². The van der Waals surface area contributed by atoms with Crippen molar-refractivity contribution in [3.63, 3.8) is 0 Å². The molecule has 112 valence electrons. The summed E-state index contributed by atoms with van der Waals surface area (Å²) < 4.78 is 16.5. The molecule has 0 aromatic heterocycles. The molecule has 1 aromatic rings. The molecule has 1 atom stereocenters. The molecule has 1 N–H and O–H groups in total. The van der Waals surface area contributed by atoms with Gasteiger partial charge in [-0.1, -0.05) is 19.9 Å². The van der Waals surface area contributed by atoms with Crippen molar-refractivity contribution in [1.29, 1.82) is 0 Å². The predicted octanol–water partition coefficient (Wildman–Crippen LogP) is 2.35. The Hall–Kier alpha value is -2.17. The van der Waals surface area contributed by atoms with Gasteiger partial charge in [0, 0.05) is 18.2 Å². The monoisotopic (exact) mass is 289 g/mol. The zero-order chi connectivity index (χ0) is 14.8. The van der Waals surface area contributed by atoms with Crippen LogP contribution < -0.4 is 19.5 Å². The lowest BCUT2D eigenvalue weighted by Gasteiger charge is -2.21. The fourth-order valence-corrected chi connectivity index (χ4v) is 2.27. The number of hydrogen-bond donors (Lipinski definition) is 1. The third-order valence-electron chi connectivity index (χ3n) is 3.37. The Kier molecular flexibility index (Phi) is 3.73. The Bertz CT molecular complexity index is 580. The molecule has 2 heterocycles. The number of ether oxygens (including phenoxy) is 3. The lowest BCUT2D eigenvalue weighted by Crippen LogP contribution is -2.32. The lowest BCUT2D eigenvalue weighted by atomic mass is 10.1. The fourth-order valence-electron chi connectivity index (χ4n) is 2.27. The Balaban J connectivity index is 1.64. The highest BCUT2D eigenvalue weighted by Crippen LogP contribution is 2.40. The van der Waals surface area contributed by atoms with E-state index in [0.717, 1.165) is 17.1 Å². The summed E-state index contributed by atoms with van der Waals surface area (Å²) in [6.07, 6.45) is 3.93. The maximum atomic E-state index is 11.8. The van der Waals surface area contributed by atoms with E-state index in [1.165, 1.54) is 0 Å². The topological polar surface area (TPSA) is 56.8 Å². The molecule has 1 amide bonds. The molecule has 2 aliphatic heterocycles. The van der Waals surface area contributed by atoms with Gasteiger partial charge in [-0.3, -0.25) is 4.79 Å². The molecule has 0 saturated heterocycles. The molecule has 0 saturated carbocycles. The fraction of sp³-hybridized carbons (Fsp3) is 0.438. The zero-order valence-corrected chi connectivity index (χ0v) is 12.2. The molecule has 21 heavy (non-hydrogen) atoms. The van der Waals surface area contributed by atoms with Gasteiger partial charge in [-0.2, -0.15) is 0 Å². The van der Waals surface area contributed by atoms with E-state index < -0.39 is 0 Å². The maximum absolute atomic E-state index is 11.8. The number of rotatable bonds is 4. The van der Waals surface area contributed by atoms with Crippen molar-refractivity contribution in [3.05, 3.63) is 23.8 Å². The SMILES string of the molecule is CC(C)CNC(=O)CC1C=Cc2cc3c(cc2O1)OCO3. The first-order valence-electron chi connectivity index (χ1n) is 7.17. The minimum Gasteiger partial charge on any atom is -0.485 e. The summed E-state index contributed by atoms with van der Waals surface area (Å²) in [7, 11) is 0. The molecular weight excluding hydrogens is 270 g/mol. The number of carbonyl (C=O) groups excluding carboxylic acids is 1. The van der Waals surface area contributed by atoms with E-state index in [9.17, 15) is 4.79 Å². The lowest BCUT2D eigenvalue weighted by molar-refractivity contribution is -0.122. The van der Waals surface area contributed by atoms with Crippen LogP contribution in [0.3, 0.4) is 0 Å². The average molecular weight is 289 g/mol. The summed E-state index contributed by atoms with van der Waals surface area (Å²) >= 11 is 0. The molecule has 1 unspecified atom stereocenters. The number of carbonyl (C=O) groups is 1. The molecule has 0 fully saturated rings. The van der Waals surface area contributed by atoms with Gasteiger partial charge in [0.05, 0.1) is 6.42 Å². The van der Waals surface area contributed by atoms with E-state index in [0.29, 0.717) is 24.6 Å². The first kappa shape index (κ1) is 13.8. The average Bonchev–Trinajstić information content (AvgIpc) is 2.89. The molecule has 5 heteroatoms. The number of fused-ring (bicyclic) bond motifs is 2. The first-order valence-corrected chi connectivity index (χ1v) is 7.17. The normalized spacial score (nSPS) is 18.3. The van der Waals surface area contributed by atoms with Gasteiger partial charge in [-0.15, -0.1) is 0 Å². The van der Waals surface area contributed by atoms with E-state index in [2.05, 4.69) is 19.2 Å². The third kappa shape index (κ3) is 3.12. The summed E-state index contributed by atoms with van der Waals surface area (Å²) in [5.41, 5.74) is 0.943. The summed E-state index contributed by atoms with van der Waals surface area (Å²) in [5.74, 6) is 2.59. The number of nitrogens with one attached hydrogen (secondary N) is 1. The van der Waals surface area contributed by atoms with Crippen LogP contribution in [0.5, 0.6) is 17.2 Å². The smallest absolute Gasteiger partial charge is 0.231 e. The molecular formula is C16H19NO4. The Labute approximate surface area is 123 Å². The van der Waals surface area contributed by atoms with E-state index in [1.54, 1.807) is 0 Å². The second-order valence-electron chi connectivity index (χ2n) is 5.66. The van der Waals surface area contributed by atoms with E-state index in [1.807, 2.05) is 24.3 Å². The highest BCUT2D eigenvalue weighted by molar-refractivity contribution is 5.77. The van der Waals surface area contributed by atoms with Crippen molar-refractivity contribution in [3.8, 4) is 17.2 Å². The molecule has 0 radical (unpaired) electrons. The quantitative estimate of drug-likeness (QED) is 0.924. The van der Waals surface area contributed by atoms with E-state index >= 15 is 0 Å². The van der Waals surface area contributed by atoms with Crippen molar-refractivity contribution < 1.29 is 19.0 Å². The largest absolute Gasteiger partial charge is 0.485 e. The Morgan fingerprint density at radius 3 is 2.81 bits per heavy atom. The molecule has 0 bridgehead atoms. The third-order valence-corrected chi connectivity index (χ3v) is 3.37. The van der Waals surface area contributed by atoms with Crippen LogP contribution in [0.1, 0.15) is 25.8 Å². The maximum Gasteiger partial charge on any atom is 0.231 e. The standard InChI is InChI=1S/C16H19NO4/c1-10(2)8-17-16(18)6-12-4-3-11-5-14-15(20-9-19-14)7-13(11)21-12/h3-5,7,10,12H,6,8-9H2,1-2H3,(H,17,18). The van der Waals surface area contributed by atoms with Gasteiger partial charge in [0.25, 0.3) is 0 Å². The van der Waals surface area contributed by atoms with E-state index in [-0.39, 0.29) is 18.8 Å². The Morgan fingerprint density at radius 2 is 2.05 bits per heavy atom. The molecule has 0 spiro atoms. The number of benzene rings is 1. The minimum atomic E-state index is -0.245. The van der Waals surface area contributed by atoms with Gasteiger partial charge in [0.15, 0.2) is 11.5 Å². The van der Waals surface area contributed by atoms with Crippen molar-refractivity contribution in [1.82, 2.24) is 5.32 Å². The van der Waals surface area contributed by atoms with Crippen molar-refractivity contribution in [2.75, 3.05) is 13.3 Å². The zero-order valence-electron chi connectivity index (χ0n) is 12.2. The van der Waals surface area contributed by atoms with Crippen LogP contribution in [0, 0.1) is 5.92 Å². The van der Waals surface area contributed by atoms with Crippen LogP contribution in [0.25, 0.3) is 6.08 Å². The summed E-state index contributed by atoms with van der Waals surface area (Å²) in [6.45, 7) is 5.06. The predicted molar refractivity (Wildman–Crippen MR) is 78.5 cm³/mol. The van der Waals surface area contributed by atoms with Gasteiger partial charge in [-0.05, 0) is 18.1 Å². The Morgan fingerprint density at radius 1 is 1.29 bits per heavy atom. The molecule has 1 aromatic carbocycles. The van der Waals surface area contributed by atoms with Crippen molar-refractivity contribution >= 4 is 12.0 Å². The van der Waals surface area contributed by atoms with Crippen molar-refractivity contribution in [2.45, 2.75) is 26.4 Å². The minimum absolute atomic E-state index is 0.00235. The van der Waals surface area contributed by atoms with Crippen LogP contribution in [0.4, 0.5) is 0 Å².